The smallest absolute Gasteiger partial charge is 0.376 e. The largest absolute Gasteiger partial charge is 0.416 e. The quantitative estimate of drug-likeness (QED) is 0.633. The third kappa shape index (κ3) is 5.34. The summed E-state index contributed by atoms with van der Waals surface area (Å²) >= 11 is 0. The first-order chi connectivity index (χ1) is 12.3. The number of amides is 1. The predicted octanol–water partition coefficient (Wildman–Crippen LogP) is 3.53. The maximum Gasteiger partial charge on any atom is 0.416 e. The lowest BCUT2D eigenvalue weighted by Gasteiger charge is -2.10. The van der Waals surface area contributed by atoms with E-state index in [2.05, 4.69) is 15.8 Å². The van der Waals surface area contributed by atoms with Crippen LogP contribution in [0.25, 0.3) is 0 Å². The van der Waals surface area contributed by atoms with Gasteiger partial charge in [-0.15, -0.1) is 0 Å². The SMILES string of the molecule is C/C(=N/NC(=O)CNc1cccc(C(F)(F)F)c1)c1ccc(C#N)cc1. The summed E-state index contributed by atoms with van der Waals surface area (Å²) in [5.41, 5.74) is 3.48. The number of hydrogen-bond acceptors (Lipinski definition) is 4. The molecule has 0 aromatic heterocycles. The third-order valence-corrected chi connectivity index (χ3v) is 3.42. The highest BCUT2D eigenvalue weighted by Crippen LogP contribution is 2.30. The Morgan fingerprint density at radius 1 is 1.19 bits per heavy atom. The van der Waals surface area contributed by atoms with Gasteiger partial charge in [0.2, 0.25) is 0 Å². The van der Waals surface area contributed by atoms with Gasteiger partial charge >= 0.3 is 6.18 Å². The summed E-state index contributed by atoms with van der Waals surface area (Å²) < 4.78 is 37.9. The number of alkyl halides is 3. The summed E-state index contributed by atoms with van der Waals surface area (Å²) in [7, 11) is 0. The Morgan fingerprint density at radius 2 is 1.88 bits per heavy atom. The highest BCUT2D eigenvalue weighted by atomic mass is 19.4. The molecule has 2 aromatic rings. The van der Waals surface area contributed by atoms with Crippen molar-refractivity contribution in [1.29, 1.82) is 5.26 Å². The fourth-order valence-corrected chi connectivity index (χ4v) is 2.02. The van der Waals surface area contributed by atoms with Crippen LogP contribution in [0.5, 0.6) is 0 Å². The van der Waals surface area contributed by atoms with Crippen LogP contribution in [-0.2, 0) is 11.0 Å². The second-order valence-corrected chi connectivity index (χ2v) is 5.35. The van der Waals surface area contributed by atoms with Crippen LogP contribution in [0.3, 0.4) is 0 Å². The Balaban J connectivity index is 1.91. The van der Waals surface area contributed by atoms with Gasteiger partial charge in [-0.2, -0.15) is 23.5 Å². The van der Waals surface area contributed by atoms with E-state index in [0.717, 1.165) is 17.7 Å². The number of nitrogens with one attached hydrogen (secondary N) is 2. The molecule has 0 atom stereocenters. The molecule has 2 rings (SSSR count). The van der Waals surface area contributed by atoms with E-state index in [1.807, 2.05) is 6.07 Å². The first kappa shape index (κ1) is 19.0. The molecule has 0 radical (unpaired) electrons. The molecule has 0 unspecified atom stereocenters. The first-order valence-electron chi connectivity index (χ1n) is 7.54. The number of rotatable bonds is 5. The van der Waals surface area contributed by atoms with Crippen LogP contribution in [0.2, 0.25) is 0 Å². The molecule has 2 aromatic carbocycles. The predicted molar refractivity (Wildman–Crippen MR) is 91.4 cm³/mol. The van der Waals surface area contributed by atoms with Gasteiger partial charge in [0.05, 0.1) is 29.5 Å². The van der Waals surface area contributed by atoms with Crippen LogP contribution >= 0.6 is 0 Å². The number of hydrazone groups is 1. The molecule has 8 heteroatoms. The molecule has 2 N–H and O–H groups in total. The lowest BCUT2D eigenvalue weighted by atomic mass is 10.1. The zero-order valence-electron chi connectivity index (χ0n) is 13.8. The second kappa shape index (κ2) is 8.16. The zero-order chi connectivity index (χ0) is 19.2. The van der Waals surface area contributed by atoms with Crippen molar-refractivity contribution in [3.05, 3.63) is 65.2 Å². The Labute approximate surface area is 148 Å². The molecule has 0 aliphatic rings. The summed E-state index contributed by atoms with van der Waals surface area (Å²) in [4.78, 5) is 11.8. The number of hydrogen-bond donors (Lipinski definition) is 2. The van der Waals surface area contributed by atoms with Crippen molar-refractivity contribution in [2.75, 3.05) is 11.9 Å². The van der Waals surface area contributed by atoms with Crippen molar-refractivity contribution in [2.24, 2.45) is 5.10 Å². The van der Waals surface area contributed by atoms with Gasteiger partial charge in [-0.3, -0.25) is 4.79 Å². The van der Waals surface area contributed by atoms with Crippen LogP contribution in [-0.4, -0.2) is 18.2 Å². The van der Waals surface area contributed by atoms with Gasteiger partial charge in [-0.05, 0) is 42.8 Å². The van der Waals surface area contributed by atoms with Crippen LogP contribution in [0.1, 0.15) is 23.6 Å². The summed E-state index contributed by atoms with van der Waals surface area (Å²) in [6, 6.07) is 13.2. The standard InChI is InChI=1S/C18H15F3N4O/c1-12(14-7-5-13(10-22)6-8-14)24-25-17(26)11-23-16-4-2-3-15(9-16)18(19,20)21/h2-9,23H,11H2,1H3,(H,25,26)/b24-12-. The minimum atomic E-state index is -4.44. The van der Waals surface area contributed by atoms with Crippen LogP contribution in [0.15, 0.2) is 53.6 Å². The van der Waals surface area contributed by atoms with Crippen LogP contribution in [0.4, 0.5) is 18.9 Å². The third-order valence-electron chi connectivity index (χ3n) is 3.42. The fraction of sp³-hybridized carbons (Fsp3) is 0.167. The molecule has 1 amide bonds. The van der Waals surface area contributed by atoms with E-state index in [9.17, 15) is 18.0 Å². The van der Waals surface area contributed by atoms with E-state index in [4.69, 9.17) is 5.26 Å². The van der Waals surface area contributed by atoms with Crippen molar-refractivity contribution in [3.8, 4) is 6.07 Å². The number of carbonyl (C=O) groups is 1. The average Bonchev–Trinajstić information content (AvgIpc) is 2.64. The van der Waals surface area contributed by atoms with Crippen molar-refractivity contribution >= 4 is 17.3 Å². The van der Waals surface area contributed by atoms with Gasteiger partial charge in [0, 0.05) is 5.69 Å². The number of carbonyl (C=O) groups excluding carboxylic acids is 1. The minimum absolute atomic E-state index is 0.183. The molecule has 0 saturated carbocycles. The molecule has 5 nitrogen and oxygen atoms in total. The maximum atomic E-state index is 12.6. The van der Waals surface area contributed by atoms with E-state index in [1.54, 1.807) is 31.2 Å². The lowest BCUT2D eigenvalue weighted by molar-refractivity contribution is -0.137. The average molecular weight is 360 g/mol. The maximum absolute atomic E-state index is 12.6. The topological polar surface area (TPSA) is 77.3 Å². The van der Waals surface area contributed by atoms with Gasteiger partial charge < -0.3 is 5.32 Å². The molecular weight excluding hydrogens is 345 g/mol. The number of anilines is 1. The van der Waals surface area contributed by atoms with Crippen molar-refractivity contribution in [1.82, 2.24) is 5.43 Å². The molecular formula is C18H15F3N4O. The normalized spacial score (nSPS) is 11.6. The Morgan fingerprint density at radius 3 is 2.50 bits per heavy atom. The van der Waals surface area contributed by atoms with Gasteiger partial charge in [0.15, 0.2) is 0 Å². The lowest BCUT2D eigenvalue weighted by Crippen LogP contribution is -2.26. The molecule has 26 heavy (non-hydrogen) atoms. The summed E-state index contributed by atoms with van der Waals surface area (Å²) in [6.07, 6.45) is -4.44. The molecule has 134 valence electrons. The highest BCUT2D eigenvalue weighted by Gasteiger charge is 2.30. The molecule has 0 aliphatic heterocycles. The van der Waals surface area contributed by atoms with Gasteiger partial charge in [-0.25, -0.2) is 5.43 Å². The Bertz CT molecular complexity index is 852. The number of nitrogens with zero attached hydrogens (tertiary/aromatic N) is 2. The van der Waals surface area contributed by atoms with E-state index in [0.29, 0.717) is 11.3 Å². The van der Waals surface area contributed by atoms with Crippen LogP contribution in [0, 0.1) is 11.3 Å². The molecule has 0 bridgehead atoms. The van der Waals surface area contributed by atoms with E-state index in [1.165, 1.54) is 12.1 Å². The minimum Gasteiger partial charge on any atom is -0.376 e. The molecule has 0 aliphatic carbocycles. The van der Waals surface area contributed by atoms with Crippen molar-refractivity contribution in [2.45, 2.75) is 13.1 Å². The molecule has 0 saturated heterocycles. The van der Waals surface area contributed by atoms with Gasteiger partial charge in [0.25, 0.3) is 5.91 Å². The van der Waals surface area contributed by atoms with E-state index >= 15 is 0 Å². The molecule has 0 spiro atoms. The second-order valence-electron chi connectivity index (χ2n) is 5.35. The first-order valence-corrected chi connectivity index (χ1v) is 7.54. The van der Waals surface area contributed by atoms with E-state index < -0.39 is 17.6 Å². The van der Waals surface area contributed by atoms with Crippen molar-refractivity contribution < 1.29 is 18.0 Å². The number of nitriles is 1. The zero-order valence-corrected chi connectivity index (χ0v) is 13.8. The van der Waals surface area contributed by atoms with Gasteiger partial charge in [0.1, 0.15) is 0 Å². The molecule has 0 fully saturated rings. The summed E-state index contributed by atoms with van der Waals surface area (Å²) in [5.74, 6) is -0.504. The van der Waals surface area contributed by atoms with Crippen molar-refractivity contribution in [3.63, 3.8) is 0 Å². The summed E-state index contributed by atoms with van der Waals surface area (Å²) in [6.45, 7) is 1.45. The summed E-state index contributed by atoms with van der Waals surface area (Å²) in [5, 5.41) is 15.3. The van der Waals surface area contributed by atoms with Crippen LogP contribution < -0.4 is 10.7 Å². The number of benzene rings is 2. The van der Waals surface area contributed by atoms with Gasteiger partial charge in [-0.1, -0.05) is 18.2 Å². The molecule has 0 heterocycles. The van der Waals surface area contributed by atoms with E-state index in [-0.39, 0.29) is 12.2 Å². The number of halogens is 3. The monoisotopic (exact) mass is 360 g/mol. The fourth-order valence-electron chi connectivity index (χ4n) is 2.02. The highest BCUT2D eigenvalue weighted by molar-refractivity contribution is 5.99. The Kier molecular flexibility index (Phi) is 5.96. The Hall–Kier alpha value is -3.34.